The Kier molecular flexibility index (Phi) is 5.23. The third kappa shape index (κ3) is 3.89. The second-order valence-electron chi connectivity index (χ2n) is 7.12. The topological polar surface area (TPSA) is 72.1 Å². The lowest BCUT2D eigenvalue weighted by molar-refractivity contribution is -0.173. The predicted molar refractivity (Wildman–Crippen MR) is 104 cm³/mol. The largest absolute Gasteiger partial charge is 0.467 e. The van der Waals surface area contributed by atoms with Gasteiger partial charge >= 0.3 is 6.18 Å². The second kappa shape index (κ2) is 7.71. The van der Waals surface area contributed by atoms with Crippen LogP contribution in [-0.2, 0) is 6.54 Å². The third-order valence-electron chi connectivity index (χ3n) is 4.99. The van der Waals surface area contributed by atoms with Crippen LogP contribution in [0.25, 0.3) is 0 Å². The summed E-state index contributed by atoms with van der Waals surface area (Å²) in [4.78, 5) is 12.5. The molecule has 158 valence electrons. The van der Waals surface area contributed by atoms with Crippen LogP contribution < -0.4 is 10.6 Å². The van der Waals surface area contributed by atoms with Gasteiger partial charge in [0.25, 0.3) is 5.91 Å². The van der Waals surface area contributed by atoms with E-state index in [1.165, 1.54) is 6.26 Å². The van der Waals surface area contributed by atoms with Gasteiger partial charge in [-0.3, -0.25) is 4.79 Å². The van der Waals surface area contributed by atoms with E-state index in [4.69, 9.17) is 16.0 Å². The minimum atomic E-state index is -4.56. The highest BCUT2D eigenvalue weighted by molar-refractivity contribution is 6.36. The molecule has 2 N–H and O–H groups in total. The molecule has 3 aromatic rings. The van der Waals surface area contributed by atoms with E-state index in [2.05, 4.69) is 15.7 Å². The molecule has 0 spiro atoms. The summed E-state index contributed by atoms with van der Waals surface area (Å²) in [7, 11) is 0. The van der Waals surface area contributed by atoms with Crippen molar-refractivity contribution in [1.82, 2.24) is 15.1 Å². The summed E-state index contributed by atoms with van der Waals surface area (Å²) >= 11 is 6.29. The Morgan fingerprint density at radius 3 is 2.70 bits per heavy atom. The van der Waals surface area contributed by atoms with E-state index in [9.17, 15) is 18.0 Å². The molecule has 0 radical (unpaired) electrons. The van der Waals surface area contributed by atoms with Crippen molar-refractivity contribution in [1.29, 1.82) is 0 Å². The zero-order valence-corrected chi connectivity index (χ0v) is 16.6. The van der Waals surface area contributed by atoms with Crippen molar-refractivity contribution in [3.8, 4) is 0 Å². The molecular formula is C20H18ClF3N4O2. The number of aromatic nitrogens is 2. The number of halogens is 4. The molecule has 0 bridgehead atoms. The number of rotatable bonds is 4. The lowest BCUT2D eigenvalue weighted by Crippen LogP contribution is -2.35. The number of alkyl halides is 3. The summed E-state index contributed by atoms with van der Waals surface area (Å²) in [5.41, 5.74) is 1.42. The molecule has 1 aliphatic heterocycles. The van der Waals surface area contributed by atoms with E-state index in [1.54, 1.807) is 24.3 Å². The second-order valence-corrected chi connectivity index (χ2v) is 7.50. The smallest absolute Gasteiger partial charge is 0.410 e. The highest BCUT2D eigenvalue weighted by Gasteiger charge is 2.47. The van der Waals surface area contributed by atoms with E-state index in [-0.39, 0.29) is 29.5 Å². The van der Waals surface area contributed by atoms with E-state index in [0.29, 0.717) is 11.3 Å². The van der Waals surface area contributed by atoms with Crippen LogP contribution in [0, 0.1) is 6.92 Å². The Morgan fingerprint density at radius 1 is 1.33 bits per heavy atom. The van der Waals surface area contributed by atoms with Crippen molar-refractivity contribution < 1.29 is 22.4 Å². The Balaban J connectivity index is 1.65. The number of nitrogens with zero attached hydrogens (tertiary/aromatic N) is 2. The number of benzene rings is 1. The fraction of sp³-hybridized carbons (Fsp3) is 0.300. The van der Waals surface area contributed by atoms with Gasteiger partial charge in [0.15, 0.2) is 11.7 Å². The molecule has 3 heterocycles. The van der Waals surface area contributed by atoms with E-state index in [0.717, 1.165) is 10.2 Å². The predicted octanol–water partition coefficient (Wildman–Crippen LogP) is 5.03. The van der Waals surface area contributed by atoms with Gasteiger partial charge in [-0.15, -0.1) is 0 Å². The molecule has 1 aromatic carbocycles. The van der Waals surface area contributed by atoms with Crippen LogP contribution in [0.1, 0.15) is 45.9 Å². The summed E-state index contributed by atoms with van der Waals surface area (Å²) in [6.45, 7) is 1.96. The van der Waals surface area contributed by atoms with Crippen molar-refractivity contribution in [2.45, 2.75) is 38.1 Å². The number of hydrogen-bond donors (Lipinski definition) is 2. The standard InChI is InChI=1S/C20H18ClF3N4O2/c1-11-4-6-12(7-5-11)14-9-15(20(22,23)24)28-18(26-14)16(21)17(27-28)19(29)25-10-13-3-2-8-30-13/h2-8,14-15,26H,9-10H2,1H3,(H,25,29)/t14-,15-/m1/s1. The van der Waals surface area contributed by atoms with Crippen molar-refractivity contribution in [3.05, 3.63) is 70.3 Å². The highest BCUT2D eigenvalue weighted by atomic mass is 35.5. The molecule has 0 saturated carbocycles. The van der Waals surface area contributed by atoms with Crippen LogP contribution in [0.4, 0.5) is 19.0 Å². The maximum absolute atomic E-state index is 13.8. The summed E-state index contributed by atoms with van der Waals surface area (Å²) in [5, 5.41) is 9.32. The first-order valence-electron chi connectivity index (χ1n) is 9.22. The van der Waals surface area contributed by atoms with E-state index in [1.807, 2.05) is 19.1 Å². The molecule has 0 unspecified atom stereocenters. The number of nitrogens with one attached hydrogen (secondary N) is 2. The fourth-order valence-corrected chi connectivity index (χ4v) is 3.68. The van der Waals surface area contributed by atoms with Gasteiger partial charge in [0, 0.05) is 6.42 Å². The van der Waals surface area contributed by atoms with Gasteiger partial charge in [0.2, 0.25) is 0 Å². The monoisotopic (exact) mass is 438 g/mol. The van der Waals surface area contributed by atoms with Crippen molar-refractivity contribution in [3.63, 3.8) is 0 Å². The zero-order valence-electron chi connectivity index (χ0n) is 15.8. The zero-order chi connectivity index (χ0) is 21.5. The van der Waals surface area contributed by atoms with Crippen LogP contribution in [0.15, 0.2) is 47.1 Å². The summed E-state index contributed by atoms with van der Waals surface area (Å²) < 4.78 is 47.3. The van der Waals surface area contributed by atoms with Crippen LogP contribution in [0.5, 0.6) is 0 Å². The number of carbonyl (C=O) groups excluding carboxylic acids is 1. The van der Waals surface area contributed by atoms with Gasteiger partial charge < -0.3 is 15.1 Å². The van der Waals surface area contributed by atoms with Crippen LogP contribution in [0.2, 0.25) is 5.02 Å². The first-order valence-corrected chi connectivity index (χ1v) is 9.60. The van der Waals surface area contributed by atoms with E-state index >= 15 is 0 Å². The molecule has 2 atom stereocenters. The molecule has 1 amide bonds. The number of aryl methyl sites for hydroxylation is 1. The molecule has 0 saturated heterocycles. The molecule has 4 rings (SSSR count). The van der Waals surface area contributed by atoms with Gasteiger partial charge in [-0.2, -0.15) is 18.3 Å². The molecular weight excluding hydrogens is 421 g/mol. The van der Waals surface area contributed by atoms with Crippen LogP contribution >= 0.6 is 11.6 Å². The maximum atomic E-state index is 13.8. The SMILES string of the molecule is Cc1ccc([C@H]2C[C@H](C(F)(F)F)n3nc(C(=O)NCc4ccco4)c(Cl)c3N2)cc1. The molecule has 2 aromatic heterocycles. The number of anilines is 1. The number of fused-ring (bicyclic) bond motifs is 1. The number of furan rings is 1. The highest BCUT2D eigenvalue weighted by Crippen LogP contribution is 2.46. The summed E-state index contributed by atoms with van der Waals surface area (Å²) in [6, 6.07) is 8.00. The van der Waals surface area contributed by atoms with Crippen LogP contribution in [0.3, 0.4) is 0 Å². The first-order chi connectivity index (χ1) is 14.2. The van der Waals surface area contributed by atoms with Crippen molar-refractivity contribution in [2.24, 2.45) is 0 Å². The molecule has 6 nitrogen and oxygen atoms in total. The molecule has 0 aliphatic carbocycles. The minimum Gasteiger partial charge on any atom is -0.467 e. The normalized spacial score (nSPS) is 18.6. The Hall–Kier alpha value is -2.94. The Morgan fingerprint density at radius 2 is 2.07 bits per heavy atom. The first kappa shape index (κ1) is 20.3. The average molecular weight is 439 g/mol. The number of carbonyl (C=O) groups is 1. The Labute approximate surface area is 175 Å². The fourth-order valence-electron chi connectivity index (χ4n) is 3.42. The van der Waals surface area contributed by atoms with Crippen LogP contribution in [-0.4, -0.2) is 21.9 Å². The Bertz CT molecular complexity index is 1050. The van der Waals surface area contributed by atoms with Crippen molar-refractivity contribution in [2.75, 3.05) is 5.32 Å². The summed E-state index contributed by atoms with van der Waals surface area (Å²) in [6.07, 6.45) is -3.38. The van der Waals surface area contributed by atoms with Crippen molar-refractivity contribution >= 4 is 23.3 Å². The van der Waals surface area contributed by atoms with Gasteiger partial charge in [-0.25, -0.2) is 4.68 Å². The quantitative estimate of drug-likeness (QED) is 0.599. The van der Waals surface area contributed by atoms with Gasteiger partial charge in [0.05, 0.1) is 18.8 Å². The molecule has 10 heteroatoms. The molecule has 30 heavy (non-hydrogen) atoms. The van der Waals surface area contributed by atoms with E-state index < -0.39 is 24.2 Å². The lowest BCUT2D eigenvalue weighted by Gasteiger charge is -2.33. The summed E-state index contributed by atoms with van der Waals surface area (Å²) in [5.74, 6) is -0.221. The number of amides is 1. The maximum Gasteiger partial charge on any atom is 0.410 e. The average Bonchev–Trinajstić information content (AvgIpc) is 3.33. The lowest BCUT2D eigenvalue weighted by atomic mass is 9.96. The minimum absolute atomic E-state index is 0.0287. The molecule has 0 fully saturated rings. The van der Waals surface area contributed by atoms with Gasteiger partial charge in [-0.1, -0.05) is 41.4 Å². The third-order valence-corrected chi connectivity index (χ3v) is 5.35. The molecule has 1 aliphatic rings. The number of hydrogen-bond acceptors (Lipinski definition) is 4. The van der Waals surface area contributed by atoms with Gasteiger partial charge in [-0.05, 0) is 24.6 Å². The van der Waals surface area contributed by atoms with Gasteiger partial charge in [0.1, 0.15) is 16.6 Å².